The van der Waals surface area contributed by atoms with E-state index >= 15 is 0 Å². The summed E-state index contributed by atoms with van der Waals surface area (Å²) in [7, 11) is 0. The second-order valence-corrected chi connectivity index (χ2v) is 6.80. The van der Waals surface area contributed by atoms with Crippen LogP contribution in [0, 0.1) is 0 Å². The van der Waals surface area contributed by atoms with Crippen LogP contribution in [0.15, 0.2) is 67.0 Å². The Hall–Kier alpha value is -2.69. The normalized spacial score (nSPS) is 15.7. The summed E-state index contributed by atoms with van der Waals surface area (Å²) in [5, 5.41) is 2.49. The maximum Gasteiger partial charge on any atom is 0.0703 e. The summed E-state index contributed by atoms with van der Waals surface area (Å²) in [6.45, 7) is 4.67. The molecule has 1 aliphatic rings. The van der Waals surface area contributed by atoms with E-state index in [9.17, 15) is 0 Å². The van der Waals surface area contributed by atoms with E-state index in [0.717, 1.165) is 43.8 Å². The van der Waals surface area contributed by atoms with Crippen molar-refractivity contribution >= 4 is 21.8 Å². The van der Waals surface area contributed by atoms with E-state index in [1.54, 1.807) is 0 Å². The van der Waals surface area contributed by atoms with E-state index in [4.69, 9.17) is 4.74 Å². The summed E-state index contributed by atoms with van der Waals surface area (Å²) < 4.78 is 7.74. The largest absolute Gasteiger partial charge is 0.379 e. The zero-order valence-electron chi connectivity index (χ0n) is 14.6. The number of benzene rings is 2. The van der Waals surface area contributed by atoms with Crippen molar-refractivity contribution in [3.8, 4) is 5.69 Å². The SMILES string of the molecule is c1cnc2ccc(-n3ccc4c(CN5CCOCC5)cccc43)cc2c1. The molecule has 2 aromatic carbocycles. The molecular weight excluding hydrogens is 322 g/mol. The van der Waals surface area contributed by atoms with Gasteiger partial charge >= 0.3 is 0 Å². The summed E-state index contributed by atoms with van der Waals surface area (Å²) in [6, 6.07) is 19.4. The molecule has 2 aromatic heterocycles. The first kappa shape index (κ1) is 15.6. The van der Waals surface area contributed by atoms with Gasteiger partial charge in [0.15, 0.2) is 0 Å². The van der Waals surface area contributed by atoms with Gasteiger partial charge < -0.3 is 9.30 Å². The lowest BCUT2D eigenvalue weighted by Gasteiger charge is -2.26. The maximum absolute atomic E-state index is 5.47. The molecule has 0 aliphatic carbocycles. The molecule has 3 heterocycles. The Balaban J connectivity index is 1.55. The lowest BCUT2D eigenvalue weighted by Crippen LogP contribution is -2.35. The predicted molar refractivity (Wildman–Crippen MR) is 105 cm³/mol. The van der Waals surface area contributed by atoms with Crippen molar-refractivity contribution in [3.63, 3.8) is 0 Å². The number of hydrogen-bond acceptors (Lipinski definition) is 3. The fourth-order valence-electron chi connectivity index (χ4n) is 3.81. The highest BCUT2D eigenvalue weighted by Crippen LogP contribution is 2.26. The second-order valence-electron chi connectivity index (χ2n) is 6.80. The fraction of sp³-hybridized carbons (Fsp3) is 0.227. The summed E-state index contributed by atoms with van der Waals surface area (Å²) in [6.07, 6.45) is 4.01. The lowest BCUT2D eigenvalue weighted by molar-refractivity contribution is 0.0344. The minimum absolute atomic E-state index is 0.835. The predicted octanol–water partition coefficient (Wildman–Crippen LogP) is 4.01. The smallest absolute Gasteiger partial charge is 0.0703 e. The molecule has 0 radical (unpaired) electrons. The number of morpholine rings is 1. The van der Waals surface area contributed by atoms with Crippen LogP contribution < -0.4 is 0 Å². The van der Waals surface area contributed by atoms with Crippen LogP contribution in [0.2, 0.25) is 0 Å². The molecule has 4 aromatic rings. The molecule has 26 heavy (non-hydrogen) atoms. The van der Waals surface area contributed by atoms with E-state index in [2.05, 4.69) is 69.2 Å². The molecule has 0 spiro atoms. The Labute approximate surface area is 152 Å². The zero-order valence-corrected chi connectivity index (χ0v) is 14.6. The summed E-state index contributed by atoms with van der Waals surface area (Å²) in [5.74, 6) is 0. The average molecular weight is 343 g/mol. The first-order chi connectivity index (χ1) is 12.9. The number of rotatable bonds is 3. The molecule has 0 N–H and O–H groups in total. The number of hydrogen-bond donors (Lipinski definition) is 0. The van der Waals surface area contributed by atoms with E-state index < -0.39 is 0 Å². The van der Waals surface area contributed by atoms with Crippen molar-refractivity contribution in [1.29, 1.82) is 0 Å². The number of pyridine rings is 1. The van der Waals surface area contributed by atoms with Crippen molar-refractivity contribution in [3.05, 3.63) is 72.6 Å². The van der Waals surface area contributed by atoms with Crippen LogP contribution in [-0.2, 0) is 11.3 Å². The Morgan fingerprint density at radius 1 is 0.962 bits per heavy atom. The van der Waals surface area contributed by atoms with Gasteiger partial charge in [-0.1, -0.05) is 18.2 Å². The Kier molecular flexibility index (Phi) is 3.92. The van der Waals surface area contributed by atoms with E-state index in [1.165, 1.54) is 22.2 Å². The van der Waals surface area contributed by atoms with Gasteiger partial charge in [-0.15, -0.1) is 0 Å². The van der Waals surface area contributed by atoms with Crippen LogP contribution >= 0.6 is 0 Å². The molecule has 0 unspecified atom stereocenters. The molecule has 0 bridgehead atoms. The van der Waals surface area contributed by atoms with Crippen LogP contribution in [0.5, 0.6) is 0 Å². The third kappa shape index (κ3) is 2.77. The highest BCUT2D eigenvalue weighted by Gasteiger charge is 2.13. The molecule has 0 saturated carbocycles. The molecule has 130 valence electrons. The van der Waals surface area contributed by atoms with Crippen molar-refractivity contribution in [2.45, 2.75) is 6.54 Å². The Morgan fingerprint density at radius 3 is 2.81 bits per heavy atom. The van der Waals surface area contributed by atoms with Crippen LogP contribution in [0.1, 0.15) is 5.56 Å². The lowest BCUT2D eigenvalue weighted by atomic mass is 10.1. The molecule has 1 aliphatic heterocycles. The maximum atomic E-state index is 5.47. The van der Waals surface area contributed by atoms with E-state index in [0.29, 0.717) is 0 Å². The summed E-state index contributed by atoms with van der Waals surface area (Å²) in [5.41, 5.74) is 4.83. The van der Waals surface area contributed by atoms with Crippen LogP contribution in [0.3, 0.4) is 0 Å². The number of ether oxygens (including phenoxy) is 1. The van der Waals surface area contributed by atoms with Crippen LogP contribution in [0.25, 0.3) is 27.5 Å². The van der Waals surface area contributed by atoms with Gasteiger partial charge in [-0.25, -0.2) is 0 Å². The second kappa shape index (κ2) is 6.56. The highest BCUT2D eigenvalue weighted by molar-refractivity contribution is 5.87. The molecular formula is C22H21N3O. The molecule has 4 nitrogen and oxygen atoms in total. The molecule has 1 fully saturated rings. The Morgan fingerprint density at radius 2 is 1.88 bits per heavy atom. The van der Waals surface area contributed by atoms with Gasteiger partial charge in [-0.3, -0.25) is 9.88 Å². The molecule has 0 amide bonds. The van der Waals surface area contributed by atoms with Gasteiger partial charge in [0.05, 0.1) is 24.2 Å². The monoisotopic (exact) mass is 343 g/mol. The average Bonchev–Trinajstić information content (AvgIpc) is 3.14. The number of aromatic nitrogens is 2. The highest BCUT2D eigenvalue weighted by atomic mass is 16.5. The number of fused-ring (bicyclic) bond motifs is 2. The zero-order chi connectivity index (χ0) is 17.3. The quantitative estimate of drug-likeness (QED) is 0.563. The molecule has 0 atom stereocenters. The number of nitrogens with zero attached hydrogens (tertiary/aromatic N) is 3. The van der Waals surface area contributed by atoms with Crippen molar-refractivity contribution < 1.29 is 4.74 Å². The van der Waals surface area contributed by atoms with Crippen LogP contribution in [-0.4, -0.2) is 40.8 Å². The first-order valence-corrected chi connectivity index (χ1v) is 9.13. The third-order valence-corrected chi connectivity index (χ3v) is 5.19. The van der Waals surface area contributed by atoms with Crippen molar-refractivity contribution in [2.75, 3.05) is 26.3 Å². The van der Waals surface area contributed by atoms with Crippen molar-refractivity contribution in [2.24, 2.45) is 0 Å². The van der Waals surface area contributed by atoms with Gasteiger partial charge in [-0.2, -0.15) is 0 Å². The van der Waals surface area contributed by atoms with Crippen molar-refractivity contribution in [1.82, 2.24) is 14.5 Å². The minimum Gasteiger partial charge on any atom is -0.379 e. The van der Waals surface area contributed by atoms with E-state index in [1.807, 2.05) is 12.3 Å². The Bertz CT molecular complexity index is 1060. The van der Waals surface area contributed by atoms with Crippen LogP contribution in [0.4, 0.5) is 0 Å². The summed E-state index contributed by atoms with van der Waals surface area (Å²) in [4.78, 5) is 6.89. The topological polar surface area (TPSA) is 30.3 Å². The first-order valence-electron chi connectivity index (χ1n) is 9.13. The van der Waals surface area contributed by atoms with Gasteiger partial charge in [0.2, 0.25) is 0 Å². The minimum atomic E-state index is 0.835. The van der Waals surface area contributed by atoms with E-state index in [-0.39, 0.29) is 0 Å². The fourth-order valence-corrected chi connectivity index (χ4v) is 3.81. The van der Waals surface area contributed by atoms with Gasteiger partial charge in [0.25, 0.3) is 0 Å². The molecule has 4 heteroatoms. The standard InChI is InChI=1S/C22H21N3O/c1-3-18(16-24-11-13-26-14-12-24)20-8-10-25(22(20)5-1)19-6-7-21-17(15-19)4-2-9-23-21/h1-10,15H,11-14,16H2. The van der Waals surface area contributed by atoms with Gasteiger partial charge in [-0.05, 0) is 42.0 Å². The molecule has 1 saturated heterocycles. The third-order valence-electron chi connectivity index (χ3n) is 5.19. The summed E-state index contributed by atoms with van der Waals surface area (Å²) >= 11 is 0. The van der Waals surface area contributed by atoms with Gasteiger partial charge in [0, 0.05) is 48.5 Å². The molecule has 5 rings (SSSR count). The van der Waals surface area contributed by atoms with Gasteiger partial charge in [0.1, 0.15) is 0 Å².